The molecule has 1 N–H and O–H groups in total. The Morgan fingerprint density at radius 3 is 2.74 bits per heavy atom. The monoisotopic (exact) mass is 269 g/mol. The second-order valence-electron chi connectivity index (χ2n) is 4.64. The normalized spacial score (nSPS) is 12.6. The van der Waals surface area contributed by atoms with Crippen LogP contribution in [0.25, 0.3) is 0 Å². The molecule has 0 aliphatic heterocycles. The fraction of sp³-hybridized carbons (Fsp3) is 0.600. The van der Waals surface area contributed by atoms with Crippen LogP contribution in [0.2, 0.25) is 0 Å². The summed E-state index contributed by atoms with van der Waals surface area (Å²) in [6, 6.07) is 5.48. The van der Waals surface area contributed by atoms with Crippen molar-refractivity contribution in [3.8, 4) is 0 Å². The molecule has 0 aliphatic carbocycles. The van der Waals surface area contributed by atoms with Crippen LogP contribution in [0.15, 0.2) is 18.2 Å². The van der Waals surface area contributed by atoms with Gasteiger partial charge in [0.05, 0.1) is 6.61 Å². The van der Waals surface area contributed by atoms with Gasteiger partial charge in [-0.3, -0.25) is 0 Å². The molecule has 0 radical (unpaired) electrons. The molecule has 1 unspecified atom stereocenters. The highest BCUT2D eigenvalue weighted by Crippen LogP contribution is 2.15. The van der Waals surface area contributed by atoms with Crippen LogP contribution in [-0.2, 0) is 9.47 Å². The molecule has 0 spiro atoms. The molecule has 1 atom stereocenters. The van der Waals surface area contributed by atoms with Crippen LogP contribution >= 0.6 is 0 Å². The average molecular weight is 269 g/mol. The van der Waals surface area contributed by atoms with Gasteiger partial charge in [0.2, 0.25) is 0 Å². The first-order valence-electron chi connectivity index (χ1n) is 6.71. The molecule has 0 aromatic heterocycles. The van der Waals surface area contributed by atoms with Crippen molar-refractivity contribution in [3.05, 3.63) is 35.1 Å². The number of hydrogen-bond donors (Lipinski definition) is 1. The summed E-state index contributed by atoms with van der Waals surface area (Å²) in [5.41, 5.74) is 1.64. The largest absolute Gasteiger partial charge is 0.385 e. The van der Waals surface area contributed by atoms with E-state index in [0.717, 1.165) is 25.1 Å². The molecule has 1 aromatic rings. The van der Waals surface area contributed by atoms with Crippen LogP contribution in [0.5, 0.6) is 0 Å². The number of halogens is 1. The first-order valence-corrected chi connectivity index (χ1v) is 6.71. The van der Waals surface area contributed by atoms with Gasteiger partial charge in [-0.2, -0.15) is 0 Å². The molecule has 3 nitrogen and oxygen atoms in total. The highest BCUT2D eigenvalue weighted by Gasteiger charge is 2.06. The fourth-order valence-electron chi connectivity index (χ4n) is 1.75. The Morgan fingerprint density at radius 1 is 1.26 bits per heavy atom. The van der Waals surface area contributed by atoms with E-state index >= 15 is 0 Å². The van der Waals surface area contributed by atoms with Crippen molar-refractivity contribution in [1.29, 1.82) is 0 Å². The quantitative estimate of drug-likeness (QED) is 0.699. The zero-order chi connectivity index (χ0) is 14.1. The smallest absolute Gasteiger partial charge is 0.126 e. The highest BCUT2D eigenvalue weighted by atomic mass is 19.1. The van der Waals surface area contributed by atoms with Crippen molar-refractivity contribution in [2.24, 2.45) is 0 Å². The van der Waals surface area contributed by atoms with Gasteiger partial charge in [-0.05, 0) is 37.5 Å². The zero-order valence-corrected chi connectivity index (χ0v) is 12.0. The van der Waals surface area contributed by atoms with Gasteiger partial charge in [-0.25, -0.2) is 4.39 Å². The van der Waals surface area contributed by atoms with Gasteiger partial charge in [0.15, 0.2) is 0 Å². The third-order valence-electron chi connectivity index (χ3n) is 3.03. The molecule has 1 rings (SSSR count). The number of nitrogens with one attached hydrogen (secondary N) is 1. The van der Waals surface area contributed by atoms with Crippen molar-refractivity contribution in [1.82, 2.24) is 5.32 Å². The summed E-state index contributed by atoms with van der Waals surface area (Å²) in [4.78, 5) is 0. The standard InChI is InChI=1S/C15H24FNO2/c1-12-5-6-14(11-15(12)16)13(2)17-7-10-19-9-4-8-18-3/h5-6,11,13,17H,4,7-10H2,1-3H3. The number of rotatable bonds is 9. The van der Waals surface area contributed by atoms with Crippen molar-refractivity contribution >= 4 is 0 Å². The second kappa shape index (κ2) is 9.02. The Bertz CT molecular complexity index is 371. The molecule has 0 aliphatic rings. The third-order valence-corrected chi connectivity index (χ3v) is 3.03. The minimum absolute atomic E-state index is 0.123. The third kappa shape index (κ3) is 6.14. The van der Waals surface area contributed by atoms with Crippen LogP contribution in [0.3, 0.4) is 0 Å². The number of methoxy groups -OCH3 is 1. The number of aryl methyl sites for hydroxylation is 1. The predicted molar refractivity (Wildman–Crippen MR) is 74.9 cm³/mol. The van der Waals surface area contributed by atoms with Gasteiger partial charge in [0.25, 0.3) is 0 Å². The lowest BCUT2D eigenvalue weighted by atomic mass is 10.1. The Hall–Kier alpha value is -0.970. The van der Waals surface area contributed by atoms with E-state index in [1.165, 1.54) is 0 Å². The maximum atomic E-state index is 13.4. The summed E-state index contributed by atoms with van der Waals surface area (Å²) in [7, 11) is 1.68. The van der Waals surface area contributed by atoms with Crippen molar-refractivity contribution < 1.29 is 13.9 Å². The summed E-state index contributed by atoms with van der Waals surface area (Å²) in [6.45, 7) is 6.64. The summed E-state index contributed by atoms with van der Waals surface area (Å²) < 4.78 is 23.8. The molecule has 0 heterocycles. The van der Waals surface area contributed by atoms with Crippen LogP contribution in [0.4, 0.5) is 4.39 Å². The Morgan fingerprint density at radius 2 is 2.05 bits per heavy atom. The minimum Gasteiger partial charge on any atom is -0.385 e. The zero-order valence-electron chi connectivity index (χ0n) is 12.0. The average Bonchev–Trinajstić information content (AvgIpc) is 2.40. The first kappa shape index (κ1) is 16.1. The molecule has 4 heteroatoms. The lowest BCUT2D eigenvalue weighted by Gasteiger charge is -2.15. The fourth-order valence-corrected chi connectivity index (χ4v) is 1.75. The molecule has 0 saturated carbocycles. The first-order chi connectivity index (χ1) is 9.15. The van der Waals surface area contributed by atoms with E-state index in [1.807, 2.05) is 19.1 Å². The van der Waals surface area contributed by atoms with Gasteiger partial charge in [-0.15, -0.1) is 0 Å². The van der Waals surface area contributed by atoms with E-state index < -0.39 is 0 Å². The van der Waals surface area contributed by atoms with Crippen LogP contribution in [-0.4, -0.2) is 33.5 Å². The Balaban J connectivity index is 2.20. The molecule has 0 bridgehead atoms. The molecular formula is C15H24FNO2. The SMILES string of the molecule is COCCCOCCNC(C)c1ccc(C)c(F)c1. The molecule has 0 saturated heterocycles. The molecule has 19 heavy (non-hydrogen) atoms. The van der Waals surface area contributed by atoms with E-state index in [1.54, 1.807) is 20.1 Å². The Kier molecular flexibility index (Phi) is 7.63. The minimum atomic E-state index is -0.151. The maximum absolute atomic E-state index is 13.4. The Labute approximate surface area is 115 Å². The van der Waals surface area contributed by atoms with Crippen molar-refractivity contribution in [2.45, 2.75) is 26.3 Å². The summed E-state index contributed by atoms with van der Waals surface area (Å²) in [5.74, 6) is -0.151. The van der Waals surface area contributed by atoms with E-state index in [-0.39, 0.29) is 11.9 Å². The van der Waals surface area contributed by atoms with Gasteiger partial charge in [0.1, 0.15) is 5.82 Å². The summed E-state index contributed by atoms with van der Waals surface area (Å²) >= 11 is 0. The van der Waals surface area contributed by atoms with E-state index in [0.29, 0.717) is 18.8 Å². The van der Waals surface area contributed by atoms with E-state index in [4.69, 9.17) is 9.47 Å². The molecular weight excluding hydrogens is 245 g/mol. The van der Waals surface area contributed by atoms with Crippen LogP contribution in [0.1, 0.15) is 30.5 Å². The van der Waals surface area contributed by atoms with Gasteiger partial charge < -0.3 is 14.8 Å². The molecule has 0 amide bonds. The van der Waals surface area contributed by atoms with Crippen molar-refractivity contribution in [2.75, 3.05) is 33.5 Å². The topological polar surface area (TPSA) is 30.5 Å². The number of hydrogen-bond acceptors (Lipinski definition) is 3. The number of benzene rings is 1. The highest BCUT2D eigenvalue weighted by molar-refractivity contribution is 5.25. The van der Waals surface area contributed by atoms with Gasteiger partial charge in [0, 0.05) is 32.9 Å². The van der Waals surface area contributed by atoms with E-state index in [2.05, 4.69) is 5.32 Å². The van der Waals surface area contributed by atoms with Crippen LogP contribution < -0.4 is 5.32 Å². The molecule has 108 valence electrons. The molecule has 1 aromatic carbocycles. The number of ether oxygens (including phenoxy) is 2. The van der Waals surface area contributed by atoms with Gasteiger partial charge >= 0.3 is 0 Å². The summed E-state index contributed by atoms with van der Waals surface area (Å²) in [6.07, 6.45) is 0.912. The lowest BCUT2D eigenvalue weighted by Crippen LogP contribution is -2.23. The van der Waals surface area contributed by atoms with Gasteiger partial charge in [-0.1, -0.05) is 12.1 Å². The maximum Gasteiger partial charge on any atom is 0.126 e. The van der Waals surface area contributed by atoms with Crippen LogP contribution in [0, 0.1) is 12.7 Å². The second-order valence-corrected chi connectivity index (χ2v) is 4.64. The predicted octanol–water partition coefficient (Wildman–Crippen LogP) is 2.84. The van der Waals surface area contributed by atoms with Crippen molar-refractivity contribution in [3.63, 3.8) is 0 Å². The lowest BCUT2D eigenvalue weighted by molar-refractivity contribution is 0.103. The molecule has 0 fully saturated rings. The van der Waals surface area contributed by atoms with E-state index in [9.17, 15) is 4.39 Å². The summed E-state index contributed by atoms with van der Waals surface area (Å²) in [5, 5.41) is 3.31.